The van der Waals surface area contributed by atoms with Crippen LogP contribution in [0.5, 0.6) is 11.5 Å². The number of carbonyl (C=O) groups is 3. The lowest BCUT2D eigenvalue weighted by atomic mass is 9.49. The Balaban J connectivity index is 0.755. The van der Waals surface area contributed by atoms with Crippen LogP contribution in [0.4, 0.5) is 14.5 Å². The first kappa shape index (κ1) is 47.2. The summed E-state index contributed by atoms with van der Waals surface area (Å²) in [6, 6.07) is 24.5. The molecule has 12 nitrogen and oxygen atoms in total. The van der Waals surface area contributed by atoms with E-state index in [1.54, 1.807) is 31.2 Å². The third-order valence-electron chi connectivity index (χ3n) is 16.2. The van der Waals surface area contributed by atoms with Gasteiger partial charge in [0.25, 0.3) is 12.3 Å². The van der Waals surface area contributed by atoms with Crippen molar-refractivity contribution in [3.63, 3.8) is 0 Å². The Morgan fingerprint density at radius 2 is 1.57 bits per heavy atom. The van der Waals surface area contributed by atoms with Gasteiger partial charge in [-0.1, -0.05) is 52.0 Å². The summed E-state index contributed by atoms with van der Waals surface area (Å²) in [5.74, 6) is 1.25. The monoisotopic (exact) mass is 951 g/mol. The fourth-order valence-electron chi connectivity index (χ4n) is 12.5. The number of amides is 3. The standard InChI is InChI=1S/C56H63F2N7O5/c1-33(66)64-27-22-47-46(32-64)49(42-9-7-8-37-28-43(34-10-11-34)45(50(57)58)30-44(37)42)61-65(47)40-20-25-63(26-21-40)52(68)36-18-23-62(24-19-36)39-15-12-35(13-16-39)51(67)60-53-55(2,3)54(56(53,4)5)70-41-17-14-38(31-59)48(29-41)69-6/h7-9,12-17,28-30,34,36,40,50,53-54H,10-11,18-27,32H2,1-6H3,(H,60,67). The number of carbonyl (C=O) groups excluding carboxylic acids is 3. The van der Waals surface area contributed by atoms with E-state index in [9.17, 15) is 28.4 Å². The van der Waals surface area contributed by atoms with Crippen molar-refractivity contribution >= 4 is 34.2 Å². The number of likely N-dealkylation sites (tertiary alicyclic amines) is 1. The van der Waals surface area contributed by atoms with Crippen LogP contribution in [0.2, 0.25) is 0 Å². The van der Waals surface area contributed by atoms with E-state index in [1.807, 2.05) is 58.3 Å². The van der Waals surface area contributed by atoms with Gasteiger partial charge in [-0.2, -0.15) is 10.4 Å². The molecule has 2 saturated carbocycles. The molecule has 366 valence electrons. The first-order valence-corrected chi connectivity index (χ1v) is 25.0. The molecule has 0 atom stereocenters. The van der Waals surface area contributed by atoms with Crippen molar-refractivity contribution in [2.24, 2.45) is 16.7 Å². The molecule has 0 radical (unpaired) electrons. The molecule has 0 unspecified atom stereocenters. The maximum Gasteiger partial charge on any atom is 0.264 e. The number of halogens is 2. The molecular weight excluding hydrogens is 889 g/mol. The zero-order valence-electron chi connectivity index (χ0n) is 41.1. The van der Waals surface area contributed by atoms with Gasteiger partial charge in [-0.05, 0) is 103 Å². The van der Waals surface area contributed by atoms with Crippen LogP contribution in [0.15, 0.2) is 72.8 Å². The number of piperidine rings is 2. The van der Waals surface area contributed by atoms with Crippen molar-refractivity contribution in [2.75, 3.05) is 44.7 Å². The van der Waals surface area contributed by atoms with Crippen LogP contribution in [-0.2, 0) is 22.6 Å². The van der Waals surface area contributed by atoms with E-state index in [-0.39, 0.29) is 64.1 Å². The molecular formula is C56H63F2N7O5. The van der Waals surface area contributed by atoms with Crippen LogP contribution in [0.25, 0.3) is 22.0 Å². The summed E-state index contributed by atoms with van der Waals surface area (Å²) in [6.07, 6.45) is 2.75. The second-order valence-corrected chi connectivity index (χ2v) is 21.4. The summed E-state index contributed by atoms with van der Waals surface area (Å²) < 4.78 is 43.0. The highest BCUT2D eigenvalue weighted by Gasteiger charge is 2.64. The summed E-state index contributed by atoms with van der Waals surface area (Å²) in [7, 11) is 1.53. The van der Waals surface area contributed by atoms with Crippen LogP contribution in [0.1, 0.15) is 130 Å². The number of anilines is 1. The smallest absolute Gasteiger partial charge is 0.264 e. The zero-order valence-corrected chi connectivity index (χ0v) is 41.1. The van der Waals surface area contributed by atoms with E-state index in [4.69, 9.17) is 14.6 Å². The van der Waals surface area contributed by atoms with Crippen LogP contribution >= 0.6 is 0 Å². The second-order valence-electron chi connectivity index (χ2n) is 21.4. The number of hydrogen-bond donors (Lipinski definition) is 1. The van der Waals surface area contributed by atoms with E-state index in [1.165, 1.54) is 7.11 Å². The summed E-state index contributed by atoms with van der Waals surface area (Å²) in [5.41, 5.74) is 5.76. The lowest BCUT2D eigenvalue weighted by Crippen LogP contribution is -2.74. The molecule has 5 aromatic rings. The Bertz CT molecular complexity index is 2870. The molecule has 3 aliphatic heterocycles. The van der Waals surface area contributed by atoms with Gasteiger partial charge < -0.3 is 29.5 Å². The number of aromatic nitrogens is 2. The summed E-state index contributed by atoms with van der Waals surface area (Å²) in [5, 5.41) is 19.6. The molecule has 4 heterocycles. The molecule has 3 amide bonds. The summed E-state index contributed by atoms with van der Waals surface area (Å²) in [6.45, 7) is 13.7. The van der Waals surface area contributed by atoms with E-state index in [0.29, 0.717) is 55.2 Å². The molecule has 10 rings (SSSR count). The van der Waals surface area contributed by atoms with Gasteiger partial charge in [-0.15, -0.1) is 0 Å². The lowest BCUT2D eigenvalue weighted by Gasteiger charge is -2.63. The number of nitriles is 1. The van der Waals surface area contributed by atoms with Crippen LogP contribution < -0.4 is 19.7 Å². The highest BCUT2D eigenvalue weighted by Crippen LogP contribution is 2.56. The Hall–Kier alpha value is -6.49. The van der Waals surface area contributed by atoms with Crippen molar-refractivity contribution in [3.05, 3.63) is 106 Å². The van der Waals surface area contributed by atoms with E-state index in [2.05, 4.69) is 48.7 Å². The Labute approximate surface area is 408 Å². The lowest BCUT2D eigenvalue weighted by molar-refractivity contribution is -0.164. The molecule has 0 bridgehead atoms. The van der Waals surface area contributed by atoms with Crippen LogP contribution in [0, 0.1) is 28.1 Å². The third-order valence-corrected chi connectivity index (χ3v) is 16.2. The highest BCUT2D eigenvalue weighted by atomic mass is 19.3. The van der Waals surface area contributed by atoms with Crippen molar-refractivity contribution in [2.45, 2.75) is 117 Å². The topological polar surface area (TPSA) is 133 Å². The number of ether oxygens (including phenoxy) is 2. The summed E-state index contributed by atoms with van der Waals surface area (Å²) >= 11 is 0. The van der Waals surface area contributed by atoms with Crippen molar-refractivity contribution in [1.82, 2.24) is 24.9 Å². The Morgan fingerprint density at radius 1 is 0.857 bits per heavy atom. The molecule has 14 heteroatoms. The first-order chi connectivity index (χ1) is 33.6. The molecule has 4 fully saturated rings. The number of benzene rings is 4. The molecule has 5 aliphatic rings. The average molecular weight is 952 g/mol. The molecule has 1 aromatic heterocycles. The number of fused-ring (bicyclic) bond motifs is 2. The van der Waals surface area contributed by atoms with Gasteiger partial charge in [0, 0.05) is 115 Å². The zero-order chi connectivity index (χ0) is 49.2. The maximum atomic E-state index is 14.5. The minimum Gasteiger partial charge on any atom is -0.495 e. The molecule has 4 aromatic carbocycles. The minimum atomic E-state index is -2.57. The predicted molar refractivity (Wildman–Crippen MR) is 264 cm³/mol. The van der Waals surface area contributed by atoms with Gasteiger partial charge in [0.1, 0.15) is 23.7 Å². The molecule has 2 saturated heterocycles. The SMILES string of the molecule is COc1cc(OC2C(C)(C)C(NC(=O)c3ccc(N4CCC(C(=O)N5CCC(n6nc(-c7cccc8cc(C9CC9)c(C(F)F)cc78)c7c6CCN(C(C)=O)C7)CC5)CC4)cc3)C2(C)C)ccc1C#N. The van der Waals surface area contributed by atoms with Crippen molar-refractivity contribution in [1.29, 1.82) is 5.26 Å². The van der Waals surface area contributed by atoms with Crippen LogP contribution in [-0.4, -0.2) is 89.3 Å². The predicted octanol–water partition coefficient (Wildman–Crippen LogP) is 10.00. The third kappa shape index (κ3) is 8.53. The van der Waals surface area contributed by atoms with Gasteiger partial charge >= 0.3 is 0 Å². The Kier molecular flexibility index (Phi) is 12.4. The van der Waals surface area contributed by atoms with Crippen molar-refractivity contribution < 1.29 is 32.6 Å². The Morgan fingerprint density at radius 3 is 2.21 bits per heavy atom. The number of hydrogen-bond acceptors (Lipinski definition) is 8. The second kappa shape index (κ2) is 18.4. The first-order valence-electron chi connectivity index (χ1n) is 25.0. The maximum absolute atomic E-state index is 14.5. The number of methoxy groups -OCH3 is 1. The van der Waals surface area contributed by atoms with E-state index in [0.717, 1.165) is 96.2 Å². The number of nitrogens with one attached hydrogen (secondary N) is 1. The van der Waals surface area contributed by atoms with Gasteiger partial charge in [0.05, 0.1) is 24.4 Å². The van der Waals surface area contributed by atoms with E-state index >= 15 is 0 Å². The molecule has 2 aliphatic carbocycles. The van der Waals surface area contributed by atoms with Gasteiger partial charge in [0.15, 0.2) is 0 Å². The molecule has 0 spiro atoms. The normalized spacial score (nSPS) is 21.2. The number of nitrogens with zero attached hydrogens (tertiary/aromatic N) is 6. The van der Waals surface area contributed by atoms with Gasteiger partial charge in [0.2, 0.25) is 11.8 Å². The highest BCUT2D eigenvalue weighted by molar-refractivity contribution is 5.98. The number of rotatable bonds is 11. The fraction of sp³-hybridized carbons (Fsp3) is 0.482. The van der Waals surface area contributed by atoms with Crippen LogP contribution in [0.3, 0.4) is 0 Å². The average Bonchev–Trinajstić information content (AvgIpc) is 4.16. The summed E-state index contributed by atoms with van der Waals surface area (Å²) in [4.78, 5) is 46.5. The molecule has 1 N–H and O–H groups in total. The van der Waals surface area contributed by atoms with E-state index < -0.39 is 6.43 Å². The van der Waals surface area contributed by atoms with Gasteiger partial charge in [-0.3, -0.25) is 19.1 Å². The number of alkyl halides is 2. The largest absolute Gasteiger partial charge is 0.495 e. The van der Waals surface area contributed by atoms with Crippen molar-refractivity contribution in [3.8, 4) is 28.8 Å². The fourth-order valence-corrected chi connectivity index (χ4v) is 12.5. The van der Waals surface area contributed by atoms with Gasteiger partial charge in [-0.25, -0.2) is 8.78 Å². The quantitative estimate of drug-likeness (QED) is 0.138. The minimum absolute atomic E-state index is 0.00372. The molecule has 70 heavy (non-hydrogen) atoms.